The smallest absolute Gasteiger partial charge is 0.0963 e. The van der Waals surface area contributed by atoms with Crippen molar-refractivity contribution in [3.63, 3.8) is 0 Å². The molecule has 0 spiro atoms. The van der Waals surface area contributed by atoms with Crippen LogP contribution in [-0.4, -0.2) is 32.1 Å². The van der Waals surface area contributed by atoms with E-state index in [1.807, 2.05) is 6.92 Å². The Bertz CT molecular complexity index is 407. The normalized spacial score (nSPS) is 57.4. The van der Waals surface area contributed by atoms with Crippen molar-refractivity contribution in [3.05, 3.63) is 0 Å². The van der Waals surface area contributed by atoms with Crippen molar-refractivity contribution in [2.45, 2.75) is 88.9 Å². The molecular weight excluding hydrogens is 264 g/mol. The van der Waals surface area contributed by atoms with Gasteiger partial charge in [-0.3, -0.25) is 0 Å². The second-order valence-corrected chi connectivity index (χ2v) is 8.33. The highest BCUT2D eigenvalue weighted by Gasteiger charge is 2.63. The number of aliphatic hydroxyl groups is 3. The lowest BCUT2D eigenvalue weighted by Crippen LogP contribution is -2.58. The Balaban J connectivity index is 2.05. The molecule has 122 valence electrons. The zero-order valence-corrected chi connectivity index (χ0v) is 13.8. The summed E-state index contributed by atoms with van der Waals surface area (Å²) in [6, 6.07) is 0. The Labute approximate surface area is 128 Å². The van der Waals surface area contributed by atoms with E-state index in [1.54, 1.807) is 0 Å². The van der Waals surface area contributed by atoms with Crippen molar-refractivity contribution in [2.75, 3.05) is 0 Å². The van der Waals surface area contributed by atoms with Gasteiger partial charge in [-0.25, -0.2) is 0 Å². The lowest BCUT2D eigenvalue weighted by atomic mass is 9.61. The first-order chi connectivity index (χ1) is 9.76. The molecule has 0 aromatic carbocycles. The summed E-state index contributed by atoms with van der Waals surface area (Å²) in [5.41, 5.74) is -2.60. The van der Waals surface area contributed by atoms with E-state index in [0.29, 0.717) is 12.3 Å². The minimum atomic E-state index is -1.04. The molecule has 0 aliphatic heterocycles. The Morgan fingerprint density at radius 1 is 1.00 bits per heavy atom. The molecule has 0 heterocycles. The molecule has 0 radical (unpaired) electrons. The van der Waals surface area contributed by atoms with Crippen LogP contribution in [0.2, 0.25) is 0 Å². The highest BCUT2D eigenvalue weighted by molar-refractivity contribution is 5.14. The fraction of sp³-hybridized carbons (Fsp3) is 1.00. The zero-order chi connectivity index (χ0) is 15.5. The Morgan fingerprint density at radius 2 is 1.67 bits per heavy atom. The largest absolute Gasteiger partial charge is 0.390 e. The van der Waals surface area contributed by atoms with Crippen molar-refractivity contribution >= 4 is 0 Å². The summed E-state index contributed by atoms with van der Waals surface area (Å²) in [5.74, 6) is 0.776. The van der Waals surface area contributed by atoms with Gasteiger partial charge in [0.15, 0.2) is 0 Å². The summed E-state index contributed by atoms with van der Waals surface area (Å²) >= 11 is 0. The molecule has 3 saturated carbocycles. The summed E-state index contributed by atoms with van der Waals surface area (Å²) in [4.78, 5) is 0. The Kier molecular flexibility index (Phi) is 3.71. The minimum absolute atomic E-state index is 0.0225. The highest BCUT2D eigenvalue weighted by Crippen LogP contribution is 2.59. The third kappa shape index (κ3) is 2.04. The van der Waals surface area contributed by atoms with Crippen molar-refractivity contribution in [1.29, 1.82) is 0 Å². The maximum Gasteiger partial charge on any atom is 0.0963 e. The molecule has 0 amide bonds. The predicted molar refractivity (Wildman–Crippen MR) is 82.8 cm³/mol. The topological polar surface area (TPSA) is 60.7 Å². The number of fused-ring (bicyclic) bond motifs is 3. The first-order valence-electron chi connectivity index (χ1n) is 8.93. The van der Waals surface area contributed by atoms with E-state index in [0.717, 1.165) is 44.9 Å². The van der Waals surface area contributed by atoms with Crippen LogP contribution in [-0.2, 0) is 0 Å². The quantitative estimate of drug-likeness (QED) is 0.697. The van der Waals surface area contributed by atoms with Gasteiger partial charge in [0, 0.05) is 0 Å². The van der Waals surface area contributed by atoms with E-state index >= 15 is 0 Å². The van der Waals surface area contributed by atoms with Gasteiger partial charge in [0.2, 0.25) is 0 Å². The number of hydrogen-bond donors (Lipinski definition) is 3. The van der Waals surface area contributed by atoms with Crippen LogP contribution < -0.4 is 0 Å². The molecule has 3 nitrogen and oxygen atoms in total. The van der Waals surface area contributed by atoms with E-state index in [-0.39, 0.29) is 17.8 Å². The molecule has 3 fully saturated rings. The molecule has 3 N–H and O–H groups in total. The second kappa shape index (κ2) is 4.94. The summed E-state index contributed by atoms with van der Waals surface area (Å²) in [6.45, 7) is 5.97. The van der Waals surface area contributed by atoms with Crippen LogP contribution in [0.1, 0.15) is 72.1 Å². The van der Waals surface area contributed by atoms with Gasteiger partial charge in [-0.2, -0.15) is 0 Å². The molecular formula is C18H32O3. The summed E-state index contributed by atoms with van der Waals surface area (Å²) < 4.78 is 0. The van der Waals surface area contributed by atoms with Crippen molar-refractivity contribution in [1.82, 2.24) is 0 Å². The molecule has 3 unspecified atom stereocenters. The molecule has 0 bridgehead atoms. The fourth-order valence-corrected chi connectivity index (χ4v) is 5.99. The summed E-state index contributed by atoms with van der Waals surface area (Å²) in [7, 11) is 0. The summed E-state index contributed by atoms with van der Waals surface area (Å²) in [6.07, 6.45) is 7.36. The van der Waals surface area contributed by atoms with Crippen molar-refractivity contribution in [3.8, 4) is 0 Å². The van der Waals surface area contributed by atoms with Gasteiger partial charge < -0.3 is 15.3 Å². The minimum Gasteiger partial charge on any atom is -0.390 e. The first kappa shape index (κ1) is 15.8. The average molecular weight is 296 g/mol. The van der Waals surface area contributed by atoms with Crippen LogP contribution >= 0.6 is 0 Å². The van der Waals surface area contributed by atoms with Gasteiger partial charge in [0.05, 0.1) is 16.8 Å². The zero-order valence-electron chi connectivity index (χ0n) is 13.8. The van der Waals surface area contributed by atoms with Crippen molar-refractivity contribution in [2.24, 2.45) is 23.7 Å². The number of hydrogen-bond acceptors (Lipinski definition) is 3. The molecule has 21 heavy (non-hydrogen) atoms. The summed E-state index contributed by atoms with van der Waals surface area (Å²) in [5, 5.41) is 33.6. The number of rotatable bonds is 1. The molecule has 0 saturated heterocycles. The van der Waals surface area contributed by atoms with E-state index in [2.05, 4.69) is 13.8 Å². The standard InChI is InChI=1S/C18H32O3/c1-4-17(20)9-5-7-13-14-8-6-10-18(14,21)16(3,19)12(2)11-15(13)17/h12-15,19-21H,4-11H2,1-3H3/t12-,13?,14?,15?,16+,17+,18-/m1/s1. The fourth-order valence-electron chi connectivity index (χ4n) is 5.99. The molecule has 3 aliphatic rings. The van der Waals surface area contributed by atoms with Gasteiger partial charge in [-0.15, -0.1) is 0 Å². The molecule has 3 rings (SSSR count). The molecule has 7 atom stereocenters. The molecule has 3 heteroatoms. The van der Waals surface area contributed by atoms with Crippen molar-refractivity contribution < 1.29 is 15.3 Å². The van der Waals surface area contributed by atoms with Crippen LogP contribution in [0.15, 0.2) is 0 Å². The SMILES string of the molecule is CC[C@]1(O)CCCC2C1C[C@@H](C)[C@](C)(O)[C@@]1(O)CCCC21. The molecule has 3 aliphatic carbocycles. The lowest BCUT2D eigenvalue weighted by Gasteiger charge is -2.48. The van der Waals surface area contributed by atoms with Crippen LogP contribution in [0.25, 0.3) is 0 Å². The third-order valence-electron chi connectivity index (χ3n) is 7.61. The Morgan fingerprint density at radius 3 is 2.33 bits per heavy atom. The van der Waals surface area contributed by atoms with Crippen LogP contribution in [0.5, 0.6) is 0 Å². The van der Waals surface area contributed by atoms with E-state index in [1.165, 1.54) is 0 Å². The average Bonchev–Trinajstić information content (AvgIpc) is 2.82. The van der Waals surface area contributed by atoms with E-state index in [4.69, 9.17) is 0 Å². The van der Waals surface area contributed by atoms with Crippen LogP contribution in [0.3, 0.4) is 0 Å². The Hall–Kier alpha value is -0.120. The monoisotopic (exact) mass is 296 g/mol. The van der Waals surface area contributed by atoms with Gasteiger partial charge >= 0.3 is 0 Å². The maximum atomic E-state index is 11.3. The lowest BCUT2D eigenvalue weighted by molar-refractivity contribution is -0.187. The van der Waals surface area contributed by atoms with Crippen LogP contribution in [0, 0.1) is 23.7 Å². The van der Waals surface area contributed by atoms with Crippen LogP contribution in [0.4, 0.5) is 0 Å². The second-order valence-electron chi connectivity index (χ2n) is 8.33. The molecule has 0 aromatic heterocycles. The van der Waals surface area contributed by atoms with E-state index in [9.17, 15) is 15.3 Å². The predicted octanol–water partition coefficient (Wildman–Crippen LogP) is 2.87. The first-order valence-corrected chi connectivity index (χ1v) is 8.93. The van der Waals surface area contributed by atoms with Gasteiger partial charge in [-0.05, 0) is 69.1 Å². The van der Waals surface area contributed by atoms with Gasteiger partial charge in [-0.1, -0.05) is 26.7 Å². The third-order valence-corrected chi connectivity index (χ3v) is 7.61. The molecule has 0 aromatic rings. The van der Waals surface area contributed by atoms with E-state index < -0.39 is 16.8 Å². The van der Waals surface area contributed by atoms with Gasteiger partial charge in [0.25, 0.3) is 0 Å². The maximum absolute atomic E-state index is 11.3. The highest BCUT2D eigenvalue weighted by atomic mass is 16.4. The van der Waals surface area contributed by atoms with Gasteiger partial charge in [0.1, 0.15) is 0 Å².